The lowest BCUT2D eigenvalue weighted by molar-refractivity contribution is 0.475. The molecule has 2 aromatic carbocycles. The fourth-order valence-electron chi connectivity index (χ4n) is 2.60. The van der Waals surface area contributed by atoms with Crippen molar-refractivity contribution < 1.29 is 5.11 Å². The van der Waals surface area contributed by atoms with Crippen LogP contribution < -0.4 is 10.2 Å². The summed E-state index contributed by atoms with van der Waals surface area (Å²) in [6.07, 6.45) is 3.54. The Morgan fingerprint density at radius 2 is 1.96 bits per heavy atom. The number of allylic oxidation sites excluding steroid dienone is 1. The van der Waals surface area contributed by atoms with Crippen molar-refractivity contribution in [2.24, 2.45) is 10.2 Å². The lowest BCUT2D eigenvalue weighted by Crippen LogP contribution is -2.02. The number of anilines is 2. The van der Waals surface area contributed by atoms with E-state index in [0.29, 0.717) is 11.5 Å². The van der Waals surface area contributed by atoms with Crippen molar-refractivity contribution in [2.45, 2.75) is 0 Å². The Bertz CT molecular complexity index is 1090. The Morgan fingerprint density at radius 1 is 1.12 bits per heavy atom. The topological polar surface area (TPSA) is 89.8 Å². The second-order valence-corrected chi connectivity index (χ2v) is 6.60. The molecule has 0 fully saturated rings. The monoisotopic (exact) mass is 362 g/mol. The van der Waals surface area contributed by atoms with Gasteiger partial charge in [0, 0.05) is 22.9 Å². The van der Waals surface area contributed by atoms with Gasteiger partial charge in [-0.15, -0.1) is 5.10 Å². The van der Waals surface area contributed by atoms with Gasteiger partial charge in [0.25, 0.3) is 0 Å². The van der Waals surface area contributed by atoms with Crippen LogP contribution in [0.3, 0.4) is 0 Å². The fourth-order valence-corrected chi connectivity index (χ4v) is 3.34. The van der Waals surface area contributed by atoms with Gasteiger partial charge in [-0.2, -0.15) is 5.10 Å². The predicted molar refractivity (Wildman–Crippen MR) is 106 cm³/mol. The molecule has 3 N–H and O–H groups in total. The molecular formula is C19H14N4O2S. The number of hydrogen-bond acceptors (Lipinski definition) is 6. The van der Waals surface area contributed by atoms with E-state index in [-0.39, 0.29) is 10.6 Å². The summed E-state index contributed by atoms with van der Waals surface area (Å²) in [7, 11) is 0. The number of hydrogen-bond donors (Lipinski definition) is 3. The van der Waals surface area contributed by atoms with E-state index in [9.17, 15) is 9.90 Å². The summed E-state index contributed by atoms with van der Waals surface area (Å²) >= 11 is 1.09. The van der Waals surface area contributed by atoms with Gasteiger partial charge in [-0.3, -0.25) is 9.78 Å². The first kappa shape index (κ1) is 16.0. The number of phenolic OH excluding ortho intramolecular Hbond substituents is 1. The highest BCUT2D eigenvalue weighted by molar-refractivity contribution is 7.10. The molecule has 1 aliphatic rings. The second kappa shape index (κ2) is 6.81. The minimum atomic E-state index is -0.173. The van der Waals surface area contributed by atoms with E-state index >= 15 is 0 Å². The summed E-state index contributed by atoms with van der Waals surface area (Å²) < 4.78 is 0. The van der Waals surface area contributed by atoms with E-state index in [1.165, 1.54) is 0 Å². The van der Waals surface area contributed by atoms with Crippen molar-refractivity contribution in [1.29, 1.82) is 0 Å². The molecule has 7 heteroatoms. The lowest BCUT2D eigenvalue weighted by atomic mass is 10.0. The Morgan fingerprint density at radius 3 is 2.77 bits per heavy atom. The van der Waals surface area contributed by atoms with Crippen LogP contribution in [0.15, 0.2) is 75.2 Å². The van der Waals surface area contributed by atoms with E-state index in [1.54, 1.807) is 30.5 Å². The number of thiazole rings is 1. The van der Waals surface area contributed by atoms with Crippen molar-refractivity contribution >= 4 is 40.8 Å². The first-order chi connectivity index (χ1) is 12.7. The van der Waals surface area contributed by atoms with Crippen molar-refractivity contribution in [3.63, 3.8) is 0 Å². The molecule has 26 heavy (non-hydrogen) atoms. The third-order valence-corrected chi connectivity index (χ3v) is 4.58. The molecule has 0 aliphatic carbocycles. The summed E-state index contributed by atoms with van der Waals surface area (Å²) in [4.78, 5) is 15.2. The molecule has 1 aliphatic heterocycles. The second-order valence-electron chi connectivity index (χ2n) is 5.59. The summed E-state index contributed by atoms with van der Waals surface area (Å²) in [5.41, 5.74) is 3.22. The highest BCUT2D eigenvalue weighted by Crippen LogP contribution is 2.26. The third-order valence-electron chi connectivity index (χ3n) is 3.75. The maximum atomic E-state index is 11.9. The van der Waals surface area contributed by atoms with Crippen molar-refractivity contribution in [2.75, 3.05) is 5.32 Å². The third kappa shape index (κ3) is 3.33. The molecule has 0 unspecified atom stereocenters. The molecule has 128 valence electrons. The van der Waals surface area contributed by atoms with Gasteiger partial charge >= 0.3 is 4.87 Å². The summed E-state index contributed by atoms with van der Waals surface area (Å²) in [5, 5.41) is 20.9. The van der Waals surface area contributed by atoms with Crippen LogP contribution in [-0.2, 0) is 0 Å². The predicted octanol–water partition coefficient (Wildman–Crippen LogP) is 3.76. The summed E-state index contributed by atoms with van der Waals surface area (Å²) in [6.45, 7) is 0. The van der Waals surface area contributed by atoms with Crippen LogP contribution in [0.5, 0.6) is 5.75 Å². The highest BCUT2D eigenvalue weighted by atomic mass is 32.1. The van der Waals surface area contributed by atoms with Crippen molar-refractivity contribution in [3.05, 3.63) is 80.3 Å². The van der Waals surface area contributed by atoms with Gasteiger partial charge < -0.3 is 10.4 Å². The molecule has 6 nitrogen and oxygen atoms in total. The van der Waals surface area contributed by atoms with Crippen LogP contribution >= 0.6 is 11.3 Å². The number of benzene rings is 2. The standard InChI is InChI=1S/C19H14N4O2S/c24-15-8-4-7-14(10-15)21-18-16(26-19(25)22-18)9-13-11-20-23-17(13)12-5-2-1-3-6-12/h1-11,21,24H,(H,22,25). The van der Waals surface area contributed by atoms with Crippen LogP contribution in [0.4, 0.5) is 11.5 Å². The Balaban J connectivity index is 1.68. The number of aromatic hydroxyl groups is 1. The lowest BCUT2D eigenvalue weighted by Gasteiger charge is -2.06. The Labute approximate surface area is 152 Å². The molecule has 0 radical (unpaired) electrons. The van der Waals surface area contributed by atoms with E-state index in [4.69, 9.17) is 0 Å². The molecule has 0 saturated heterocycles. The van der Waals surface area contributed by atoms with E-state index in [0.717, 1.165) is 33.1 Å². The molecule has 4 rings (SSSR count). The zero-order valence-corrected chi connectivity index (χ0v) is 14.3. The largest absolute Gasteiger partial charge is 0.508 e. The molecule has 3 aromatic rings. The normalized spacial score (nSPS) is 14.6. The number of aromatic nitrogens is 1. The average molecular weight is 362 g/mol. The Hall–Kier alpha value is -3.45. The maximum absolute atomic E-state index is 11.9. The van der Waals surface area contributed by atoms with Crippen LogP contribution in [0.2, 0.25) is 0 Å². The minimum Gasteiger partial charge on any atom is -0.508 e. The van der Waals surface area contributed by atoms with E-state index < -0.39 is 0 Å². The molecule has 2 heterocycles. The van der Waals surface area contributed by atoms with Gasteiger partial charge in [0.05, 0.1) is 11.1 Å². The number of rotatable bonds is 4. The SMILES string of the molecule is O=c1[nH]c(Nc2cccc(O)c2)c(C=C2C=NN=C2c2ccccc2)s1. The van der Waals surface area contributed by atoms with Gasteiger partial charge in [-0.25, -0.2) is 0 Å². The summed E-state index contributed by atoms with van der Waals surface area (Å²) in [5.74, 6) is 0.708. The fraction of sp³-hybridized carbons (Fsp3) is 0. The molecule has 0 atom stereocenters. The van der Waals surface area contributed by atoms with Gasteiger partial charge in [0.15, 0.2) is 0 Å². The first-order valence-corrected chi connectivity index (χ1v) is 8.68. The molecule has 1 aromatic heterocycles. The highest BCUT2D eigenvalue weighted by Gasteiger charge is 2.15. The summed E-state index contributed by atoms with van der Waals surface area (Å²) in [6, 6.07) is 16.5. The number of aromatic amines is 1. The van der Waals surface area contributed by atoms with Crippen molar-refractivity contribution in [3.8, 4) is 5.75 Å². The zero-order valence-electron chi connectivity index (χ0n) is 13.5. The number of H-pyrrole nitrogens is 1. The quantitative estimate of drug-likeness (QED) is 0.660. The van der Waals surface area contributed by atoms with Crippen LogP contribution in [0, 0.1) is 0 Å². The number of nitrogens with zero attached hydrogens (tertiary/aromatic N) is 2. The molecule has 0 amide bonds. The first-order valence-electron chi connectivity index (χ1n) is 7.87. The van der Waals surface area contributed by atoms with Crippen LogP contribution in [0.1, 0.15) is 10.4 Å². The van der Waals surface area contributed by atoms with E-state index in [2.05, 4.69) is 20.5 Å². The number of phenols is 1. The zero-order chi connectivity index (χ0) is 17.9. The van der Waals surface area contributed by atoms with Crippen LogP contribution in [-0.4, -0.2) is 22.0 Å². The van der Waals surface area contributed by atoms with Crippen LogP contribution in [0.25, 0.3) is 6.08 Å². The average Bonchev–Trinajstić information content (AvgIpc) is 3.23. The minimum absolute atomic E-state index is 0.147. The molecule has 0 saturated carbocycles. The smallest absolute Gasteiger partial charge is 0.306 e. The molecular weight excluding hydrogens is 348 g/mol. The maximum Gasteiger partial charge on any atom is 0.306 e. The number of nitrogens with one attached hydrogen (secondary N) is 2. The van der Waals surface area contributed by atoms with Gasteiger partial charge in [-0.1, -0.05) is 47.7 Å². The van der Waals surface area contributed by atoms with Gasteiger partial charge in [0.1, 0.15) is 17.3 Å². The van der Waals surface area contributed by atoms with E-state index in [1.807, 2.05) is 36.4 Å². The Kier molecular flexibility index (Phi) is 4.20. The van der Waals surface area contributed by atoms with Crippen molar-refractivity contribution in [1.82, 2.24) is 4.98 Å². The van der Waals surface area contributed by atoms with Gasteiger partial charge in [0.2, 0.25) is 0 Å². The molecule has 0 spiro atoms. The molecule has 0 bridgehead atoms. The van der Waals surface area contributed by atoms with Gasteiger partial charge in [-0.05, 0) is 18.2 Å².